The Morgan fingerprint density at radius 3 is 2.67 bits per heavy atom. The summed E-state index contributed by atoms with van der Waals surface area (Å²) in [6.45, 7) is 2.82. The number of likely N-dealkylation sites (tertiary alicyclic amines) is 1. The first kappa shape index (κ1) is 25.6. The molecule has 1 aliphatic rings. The normalized spacial score (nSPS) is 16.8. The number of ether oxygens (including phenoxy) is 2. The second-order valence-corrected chi connectivity index (χ2v) is 8.60. The van der Waals surface area contributed by atoms with Crippen molar-refractivity contribution in [3.8, 4) is 22.6 Å². The van der Waals surface area contributed by atoms with E-state index in [9.17, 15) is 27.9 Å². The lowest BCUT2D eigenvalue weighted by Gasteiger charge is -2.31. The number of rotatable bonds is 6. The SMILES string of the molecule is CCOC(=O)C1CCCN(Cc2c(O)ccc3c(=O)c(-c4ccccc4OC)c(C(F)(F)F)oc23)C1. The number of hydrogen-bond donors (Lipinski definition) is 1. The molecule has 192 valence electrons. The van der Waals surface area contributed by atoms with E-state index in [1.807, 2.05) is 4.90 Å². The number of methoxy groups -OCH3 is 1. The van der Waals surface area contributed by atoms with Gasteiger partial charge in [0.05, 0.1) is 36.1 Å². The van der Waals surface area contributed by atoms with E-state index in [1.165, 1.54) is 37.4 Å². The molecular weight excluding hydrogens is 479 g/mol. The van der Waals surface area contributed by atoms with Crippen molar-refractivity contribution >= 4 is 16.9 Å². The molecule has 1 aromatic heterocycles. The molecule has 0 spiro atoms. The van der Waals surface area contributed by atoms with Gasteiger partial charge in [0, 0.05) is 18.7 Å². The Morgan fingerprint density at radius 1 is 1.22 bits per heavy atom. The van der Waals surface area contributed by atoms with Gasteiger partial charge in [-0.1, -0.05) is 18.2 Å². The molecule has 1 fully saturated rings. The number of para-hydroxylation sites is 1. The Balaban J connectivity index is 1.85. The van der Waals surface area contributed by atoms with Crippen molar-refractivity contribution in [3.63, 3.8) is 0 Å². The number of aromatic hydroxyl groups is 1. The van der Waals surface area contributed by atoms with Gasteiger partial charge in [-0.05, 0) is 44.5 Å². The Kier molecular flexibility index (Phi) is 7.26. The van der Waals surface area contributed by atoms with E-state index in [0.717, 1.165) is 0 Å². The number of halogens is 3. The summed E-state index contributed by atoms with van der Waals surface area (Å²) in [5, 5.41) is 10.5. The second kappa shape index (κ2) is 10.2. The molecule has 4 rings (SSSR count). The first-order chi connectivity index (χ1) is 17.2. The number of piperidine rings is 1. The van der Waals surface area contributed by atoms with Crippen LogP contribution in [0.15, 0.2) is 45.6 Å². The minimum atomic E-state index is -4.99. The number of carbonyl (C=O) groups is 1. The fourth-order valence-corrected chi connectivity index (χ4v) is 4.63. The third kappa shape index (κ3) is 4.90. The summed E-state index contributed by atoms with van der Waals surface area (Å²) in [5.74, 6) is -2.41. The van der Waals surface area contributed by atoms with Crippen molar-refractivity contribution in [2.75, 3.05) is 26.8 Å². The van der Waals surface area contributed by atoms with Gasteiger partial charge >= 0.3 is 12.1 Å². The molecule has 36 heavy (non-hydrogen) atoms. The van der Waals surface area contributed by atoms with Gasteiger partial charge in [-0.25, -0.2) is 0 Å². The maximum Gasteiger partial charge on any atom is 0.450 e. The molecule has 3 aromatic rings. The molecule has 0 amide bonds. The Labute approximate surface area is 205 Å². The highest BCUT2D eigenvalue weighted by Gasteiger charge is 2.40. The van der Waals surface area contributed by atoms with Crippen LogP contribution >= 0.6 is 0 Å². The number of fused-ring (bicyclic) bond motifs is 1. The van der Waals surface area contributed by atoms with Gasteiger partial charge in [0.25, 0.3) is 0 Å². The van der Waals surface area contributed by atoms with Crippen LogP contribution in [0.4, 0.5) is 13.2 Å². The van der Waals surface area contributed by atoms with Crippen molar-refractivity contribution in [2.45, 2.75) is 32.5 Å². The Morgan fingerprint density at radius 2 is 1.97 bits per heavy atom. The van der Waals surface area contributed by atoms with Gasteiger partial charge in [0.15, 0.2) is 0 Å². The average Bonchev–Trinajstić information content (AvgIpc) is 2.85. The molecule has 1 saturated heterocycles. The zero-order chi connectivity index (χ0) is 26.0. The molecule has 1 atom stereocenters. The zero-order valence-electron chi connectivity index (χ0n) is 19.9. The van der Waals surface area contributed by atoms with Crippen molar-refractivity contribution in [1.29, 1.82) is 0 Å². The first-order valence-corrected chi connectivity index (χ1v) is 11.6. The second-order valence-electron chi connectivity index (χ2n) is 8.60. The molecule has 0 radical (unpaired) electrons. The number of benzene rings is 2. The highest BCUT2D eigenvalue weighted by molar-refractivity contribution is 5.88. The van der Waals surface area contributed by atoms with E-state index in [4.69, 9.17) is 13.9 Å². The fraction of sp³-hybridized carbons (Fsp3) is 0.385. The van der Waals surface area contributed by atoms with E-state index in [-0.39, 0.29) is 58.6 Å². The van der Waals surface area contributed by atoms with E-state index >= 15 is 0 Å². The molecule has 1 N–H and O–H groups in total. The van der Waals surface area contributed by atoms with Gasteiger partial charge in [-0.2, -0.15) is 13.2 Å². The van der Waals surface area contributed by atoms with E-state index in [1.54, 1.807) is 13.0 Å². The summed E-state index contributed by atoms with van der Waals surface area (Å²) < 4.78 is 58.2. The van der Waals surface area contributed by atoms with Crippen molar-refractivity contribution in [3.05, 3.63) is 57.9 Å². The number of nitrogens with zero attached hydrogens (tertiary/aromatic N) is 1. The number of esters is 1. The maximum absolute atomic E-state index is 14.2. The first-order valence-electron chi connectivity index (χ1n) is 11.6. The standard InChI is InChI=1S/C26H26F3NO6/c1-3-35-25(33)15-7-6-12-30(13-15)14-18-19(31)11-10-17-22(32)21(16-8-4-5-9-20(16)34-2)24(26(27,28)29)36-23(17)18/h4-5,8-11,15,31H,3,6-7,12-14H2,1-2H3. The van der Waals surface area contributed by atoms with Gasteiger partial charge < -0.3 is 19.0 Å². The summed E-state index contributed by atoms with van der Waals surface area (Å²) in [6.07, 6.45) is -3.69. The smallest absolute Gasteiger partial charge is 0.450 e. The lowest BCUT2D eigenvalue weighted by Crippen LogP contribution is -2.39. The van der Waals surface area contributed by atoms with Crippen LogP contribution in [-0.4, -0.2) is 42.8 Å². The lowest BCUT2D eigenvalue weighted by atomic mass is 9.96. The minimum absolute atomic E-state index is 0.00663. The summed E-state index contributed by atoms with van der Waals surface area (Å²) in [4.78, 5) is 27.5. The van der Waals surface area contributed by atoms with E-state index in [0.29, 0.717) is 25.9 Å². The van der Waals surface area contributed by atoms with Crippen LogP contribution in [0.2, 0.25) is 0 Å². The molecule has 10 heteroatoms. The van der Waals surface area contributed by atoms with Gasteiger partial charge in [0.1, 0.15) is 17.1 Å². The van der Waals surface area contributed by atoms with Crippen molar-refractivity contribution in [1.82, 2.24) is 4.90 Å². The molecule has 0 aliphatic carbocycles. The summed E-state index contributed by atoms with van der Waals surface area (Å²) in [5.41, 5.74) is -1.90. The number of carbonyl (C=O) groups excluding carboxylic acids is 1. The number of alkyl halides is 3. The van der Waals surface area contributed by atoms with Crippen LogP contribution in [0.3, 0.4) is 0 Å². The summed E-state index contributed by atoms with van der Waals surface area (Å²) in [7, 11) is 1.30. The molecule has 0 saturated carbocycles. The van der Waals surface area contributed by atoms with Crippen LogP contribution in [0.25, 0.3) is 22.1 Å². The van der Waals surface area contributed by atoms with Crippen molar-refractivity contribution in [2.24, 2.45) is 5.92 Å². The highest BCUT2D eigenvalue weighted by atomic mass is 19.4. The molecular formula is C26H26F3NO6. The molecule has 2 heterocycles. The monoisotopic (exact) mass is 505 g/mol. The van der Waals surface area contributed by atoms with Gasteiger partial charge in [-0.15, -0.1) is 0 Å². The van der Waals surface area contributed by atoms with Crippen LogP contribution in [0.5, 0.6) is 11.5 Å². The van der Waals surface area contributed by atoms with Gasteiger partial charge in [-0.3, -0.25) is 14.5 Å². The molecule has 0 bridgehead atoms. The molecule has 2 aromatic carbocycles. The summed E-state index contributed by atoms with van der Waals surface area (Å²) in [6, 6.07) is 8.41. The largest absolute Gasteiger partial charge is 0.507 e. The van der Waals surface area contributed by atoms with Gasteiger partial charge in [0.2, 0.25) is 11.2 Å². The highest BCUT2D eigenvalue weighted by Crippen LogP contribution is 2.41. The fourth-order valence-electron chi connectivity index (χ4n) is 4.63. The Bertz CT molecular complexity index is 1330. The van der Waals surface area contributed by atoms with E-state index < -0.39 is 22.9 Å². The van der Waals surface area contributed by atoms with E-state index in [2.05, 4.69) is 0 Å². The summed E-state index contributed by atoms with van der Waals surface area (Å²) >= 11 is 0. The molecule has 1 unspecified atom stereocenters. The van der Waals surface area contributed by atoms with Crippen LogP contribution < -0.4 is 10.2 Å². The molecule has 7 nitrogen and oxygen atoms in total. The topological polar surface area (TPSA) is 89.2 Å². The predicted molar refractivity (Wildman–Crippen MR) is 126 cm³/mol. The minimum Gasteiger partial charge on any atom is -0.507 e. The van der Waals surface area contributed by atoms with Crippen LogP contribution in [0, 0.1) is 5.92 Å². The third-order valence-electron chi connectivity index (χ3n) is 6.28. The number of phenolic OH excluding ortho intramolecular Hbond substituents is 1. The lowest BCUT2D eigenvalue weighted by molar-refractivity contribution is -0.152. The zero-order valence-corrected chi connectivity index (χ0v) is 19.9. The van der Waals surface area contributed by atoms with Crippen LogP contribution in [-0.2, 0) is 22.3 Å². The average molecular weight is 505 g/mol. The number of phenols is 1. The third-order valence-corrected chi connectivity index (χ3v) is 6.28. The number of hydrogen-bond acceptors (Lipinski definition) is 7. The maximum atomic E-state index is 14.2. The quantitative estimate of drug-likeness (QED) is 0.473. The van der Waals surface area contributed by atoms with Crippen LogP contribution in [0.1, 0.15) is 31.1 Å². The molecule has 1 aliphatic heterocycles. The van der Waals surface area contributed by atoms with Crippen molar-refractivity contribution < 1.29 is 37.0 Å². The predicted octanol–water partition coefficient (Wildman–Crippen LogP) is 4.97. The Hall–Kier alpha value is -3.53.